The third kappa shape index (κ3) is 4.08. The molecule has 2 bridgehead atoms. The van der Waals surface area contributed by atoms with Crippen molar-refractivity contribution in [3.63, 3.8) is 0 Å². The van der Waals surface area contributed by atoms with Crippen LogP contribution in [0.15, 0.2) is 116 Å². The van der Waals surface area contributed by atoms with Gasteiger partial charge in [-0.05, 0) is 50.3 Å². The molecule has 3 aromatic carbocycles. The van der Waals surface area contributed by atoms with Crippen molar-refractivity contribution in [1.29, 1.82) is 0 Å². The third-order valence-electron chi connectivity index (χ3n) is 8.20. The lowest BCUT2D eigenvalue weighted by molar-refractivity contribution is -0.0543. The standard InChI is InChI=1S/C34H38N2O2/c1-6-32-23-24-33(7-2,36(32)30(37)38-31(3,4)5)26-35(25-32)34(27-17-11-8-12-18-27,28-19-13-9-14-20-28)29-21-15-10-16-22-29/h6-22H,1-2,23-26H2,3-5H3. The van der Waals surface area contributed by atoms with Gasteiger partial charge in [-0.3, -0.25) is 9.80 Å². The van der Waals surface area contributed by atoms with Gasteiger partial charge in [-0.15, -0.1) is 13.2 Å². The summed E-state index contributed by atoms with van der Waals surface area (Å²) in [5, 5.41) is 0. The van der Waals surface area contributed by atoms with Gasteiger partial charge in [0, 0.05) is 13.1 Å². The highest BCUT2D eigenvalue weighted by molar-refractivity contribution is 5.73. The van der Waals surface area contributed by atoms with E-state index in [0.717, 1.165) is 12.8 Å². The Morgan fingerprint density at radius 2 is 1.11 bits per heavy atom. The molecule has 0 radical (unpaired) electrons. The van der Waals surface area contributed by atoms with E-state index in [1.54, 1.807) is 0 Å². The fourth-order valence-corrected chi connectivity index (χ4v) is 6.63. The molecule has 2 aliphatic heterocycles. The van der Waals surface area contributed by atoms with E-state index < -0.39 is 22.2 Å². The number of hydrogen-bond acceptors (Lipinski definition) is 3. The van der Waals surface area contributed by atoms with E-state index in [-0.39, 0.29) is 6.09 Å². The lowest BCUT2D eigenvalue weighted by atomic mass is 9.73. The molecule has 1 amide bonds. The monoisotopic (exact) mass is 506 g/mol. The maximum absolute atomic E-state index is 13.8. The van der Waals surface area contributed by atoms with Crippen LogP contribution in [0.25, 0.3) is 0 Å². The molecule has 0 N–H and O–H groups in total. The molecule has 2 aliphatic rings. The van der Waals surface area contributed by atoms with E-state index in [9.17, 15) is 4.79 Å². The van der Waals surface area contributed by atoms with Crippen molar-refractivity contribution in [3.05, 3.63) is 133 Å². The number of carbonyl (C=O) groups excluding carboxylic acids is 1. The van der Waals surface area contributed by atoms with Gasteiger partial charge in [-0.1, -0.05) is 103 Å². The zero-order valence-corrected chi connectivity index (χ0v) is 22.8. The molecule has 4 heteroatoms. The quantitative estimate of drug-likeness (QED) is 0.262. The second-order valence-electron chi connectivity index (χ2n) is 11.6. The molecule has 2 atom stereocenters. The molecule has 0 saturated carbocycles. The number of rotatable bonds is 6. The van der Waals surface area contributed by atoms with Crippen molar-refractivity contribution < 1.29 is 9.53 Å². The summed E-state index contributed by atoms with van der Waals surface area (Å²) in [4.78, 5) is 18.2. The molecule has 3 aromatic rings. The summed E-state index contributed by atoms with van der Waals surface area (Å²) in [7, 11) is 0. The summed E-state index contributed by atoms with van der Waals surface area (Å²) in [6.45, 7) is 15.5. The number of hydrogen-bond donors (Lipinski definition) is 0. The van der Waals surface area contributed by atoms with Crippen molar-refractivity contribution in [1.82, 2.24) is 9.80 Å². The van der Waals surface area contributed by atoms with Gasteiger partial charge >= 0.3 is 6.09 Å². The van der Waals surface area contributed by atoms with Crippen molar-refractivity contribution >= 4 is 6.09 Å². The van der Waals surface area contributed by atoms with E-state index in [1.807, 2.05) is 37.8 Å². The Morgan fingerprint density at radius 3 is 1.42 bits per heavy atom. The number of amides is 1. The minimum absolute atomic E-state index is 0.306. The third-order valence-corrected chi connectivity index (χ3v) is 8.20. The van der Waals surface area contributed by atoms with E-state index in [0.29, 0.717) is 13.1 Å². The van der Waals surface area contributed by atoms with Gasteiger partial charge in [0.1, 0.15) is 5.60 Å². The average molecular weight is 507 g/mol. The predicted octanol–water partition coefficient (Wildman–Crippen LogP) is 7.17. The fraction of sp³-hybridized carbons (Fsp3) is 0.324. The molecule has 38 heavy (non-hydrogen) atoms. The van der Waals surface area contributed by atoms with E-state index in [4.69, 9.17) is 4.74 Å². The van der Waals surface area contributed by atoms with Gasteiger partial charge in [-0.2, -0.15) is 0 Å². The van der Waals surface area contributed by atoms with Crippen LogP contribution in [0.4, 0.5) is 4.79 Å². The SMILES string of the molecule is C=CC12CCC(C=C)(CN(C(c3ccccc3)(c3ccccc3)c3ccccc3)C1)N2C(=O)OC(C)(C)C. The number of ether oxygens (including phenoxy) is 1. The fourth-order valence-electron chi connectivity index (χ4n) is 6.63. The molecule has 0 aliphatic carbocycles. The van der Waals surface area contributed by atoms with Gasteiger partial charge in [0.2, 0.25) is 0 Å². The summed E-state index contributed by atoms with van der Waals surface area (Å²) < 4.78 is 5.96. The molecular formula is C34H38N2O2. The maximum atomic E-state index is 13.8. The first kappa shape index (κ1) is 26.0. The van der Waals surface area contributed by atoms with Gasteiger partial charge in [0.25, 0.3) is 0 Å². The van der Waals surface area contributed by atoms with Crippen LogP contribution < -0.4 is 0 Å². The highest BCUT2D eigenvalue weighted by atomic mass is 16.6. The lowest BCUT2D eigenvalue weighted by Crippen LogP contribution is -2.71. The molecule has 5 rings (SSSR count). The normalized spacial score (nSPS) is 23.6. The van der Waals surface area contributed by atoms with Crippen LogP contribution in [0, 0.1) is 0 Å². The van der Waals surface area contributed by atoms with Crippen molar-refractivity contribution in [2.75, 3.05) is 13.1 Å². The van der Waals surface area contributed by atoms with Crippen LogP contribution in [0.2, 0.25) is 0 Å². The lowest BCUT2D eigenvalue weighted by Gasteiger charge is -2.58. The molecule has 2 heterocycles. The maximum Gasteiger partial charge on any atom is 0.411 e. The molecule has 196 valence electrons. The first-order valence-corrected chi connectivity index (χ1v) is 13.4. The Bertz CT molecular complexity index is 1180. The van der Waals surface area contributed by atoms with Crippen LogP contribution in [-0.2, 0) is 10.3 Å². The van der Waals surface area contributed by atoms with Crippen LogP contribution in [0.1, 0.15) is 50.3 Å². The van der Waals surface area contributed by atoms with Crippen LogP contribution in [0.3, 0.4) is 0 Å². The van der Waals surface area contributed by atoms with E-state index in [1.165, 1.54) is 16.7 Å². The highest BCUT2D eigenvalue weighted by Crippen LogP contribution is 2.53. The molecule has 2 unspecified atom stereocenters. The first-order chi connectivity index (χ1) is 18.2. The summed E-state index contributed by atoms with van der Waals surface area (Å²) in [5.74, 6) is 0. The highest BCUT2D eigenvalue weighted by Gasteiger charge is 2.63. The Hall–Kier alpha value is -3.63. The molecule has 0 aromatic heterocycles. The summed E-state index contributed by atoms with van der Waals surface area (Å²) in [6, 6.07) is 32.1. The van der Waals surface area contributed by atoms with Gasteiger partial charge in [0.05, 0.1) is 16.6 Å². The molecular weight excluding hydrogens is 468 g/mol. The zero-order chi connectivity index (χ0) is 27.0. The summed E-state index contributed by atoms with van der Waals surface area (Å²) in [6.07, 6.45) is 5.21. The van der Waals surface area contributed by atoms with Crippen LogP contribution in [0.5, 0.6) is 0 Å². The number of fused-ring (bicyclic) bond motifs is 2. The smallest absolute Gasteiger partial charge is 0.411 e. The number of piperazine rings is 1. The topological polar surface area (TPSA) is 32.8 Å². The first-order valence-electron chi connectivity index (χ1n) is 13.4. The zero-order valence-electron chi connectivity index (χ0n) is 22.8. The van der Waals surface area contributed by atoms with Crippen LogP contribution in [-0.4, -0.2) is 45.7 Å². The second-order valence-corrected chi connectivity index (χ2v) is 11.6. The number of carbonyl (C=O) groups is 1. The Balaban J connectivity index is 1.75. The van der Waals surface area contributed by atoms with E-state index in [2.05, 4.69) is 109 Å². The largest absolute Gasteiger partial charge is 0.444 e. The molecule has 2 saturated heterocycles. The molecule has 2 fully saturated rings. The van der Waals surface area contributed by atoms with Gasteiger partial charge in [0.15, 0.2) is 0 Å². The second kappa shape index (κ2) is 9.59. The van der Waals surface area contributed by atoms with Gasteiger partial charge < -0.3 is 4.74 Å². The molecule has 0 spiro atoms. The predicted molar refractivity (Wildman–Crippen MR) is 154 cm³/mol. The molecule has 4 nitrogen and oxygen atoms in total. The summed E-state index contributed by atoms with van der Waals surface area (Å²) >= 11 is 0. The number of nitrogens with zero attached hydrogens (tertiary/aromatic N) is 2. The Morgan fingerprint density at radius 1 is 0.737 bits per heavy atom. The van der Waals surface area contributed by atoms with Crippen molar-refractivity contribution in [2.45, 2.75) is 55.8 Å². The minimum atomic E-state index is -0.599. The Kier molecular flexibility index (Phi) is 6.56. The van der Waals surface area contributed by atoms with Crippen molar-refractivity contribution in [2.24, 2.45) is 0 Å². The number of likely N-dealkylation sites (tertiary alicyclic amines) is 1. The number of benzene rings is 3. The average Bonchev–Trinajstić information content (AvgIpc) is 3.14. The van der Waals surface area contributed by atoms with Crippen molar-refractivity contribution in [3.8, 4) is 0 Å². The van der Waals surface area contributed by atoms with E-state index >= 15 is 0 Å². The Labute approximate surface area is 227 Å². The van der Waals surface area contributed by atoms with Gasteiger partial charge in [-0.25, -0.2) is 4.79 Å². The van der Waals surface area contributed by atoms with Crippen LogP contribution >= 0.6 is 0 Å². The minimum Gasteiger partial charge on any atom is -0.444 e. The summed E-state index contributed by atoms with van der Waals surface area (Å²) in [5.41, 5.74) is 1.16.